The minimum absolute atomic E-state index is 0.0930. The van der Waals surface area contributed by atoms with Crippen molar-refractivity contribution in [3.05, 3.63) is 112 Å². The van der Waals surface area contributed by atoms with Gasteiger partial charge in [-0.3, -0.25) is 9.79 Å². The second-order valence-electron chi connectivity index (χ2n) is 9.36. The highest BCUT2D eigenvalue weighted by Crippen LogP contribution is 2.42. The number of thiophene rings is 1. The van der Waals surface area contributed by atoms with E-state index in [0.717, 1.165) is 51.3 Å². The van der Waals surface area contributed by atoms with Gasteiger partial charge in [-0.05, 0) is 70.8 Å². The Labute approximate surface area is 232 Å². The Bertz CT molecular complexity index is 1480. The largest absolute Gasteiger partial charge is 0.488 e. The van der Waals surface area contributed by atoms with Gasteiger partial charge in [0.05, 0.1) is 6.42 Å². The molecule has 2 heterocycles. The van der Waals surface area contributed by atoms with Crippen LogP contribution in [0.2, 0.25) is 5.02 Å². The number of benzene rings is 3. The quantitative estimate of drug-likeness (QED) is 0.215. The lowest BCUT2D eigenvalue weighted by atomic mass is 9.99. The van der Waals surface area contributed by atoms with Gasteiger partial charge in [0.1, 0.15) is 12.4 Å². The summed E-state index contributed by atoms with van der Waals surface area (Å²) in [6.07, 6.45) is 6.03. The van der Waals surface area contributed by atoms with Gasteiger partial charge in [-0.25, -0.2) is 0 Å². The molecule has 192 valence electrons. The van der Waals surface area contributed by atoms with E-state index in [9.17, 15) is 4.79 Å². The van der Waals surface area contributed by atoms with Crippen molar-refractivity contribution in [2.75, 3.05) is 13.6 Å². The number of likely N-dealkylation sites (N-methyl/N-ethyl adjacent to an activating group) is 1. The summed E-state index contributed by atoms with van der Waals surface area (Å²) in [5.41, 5.74) is 6.36. The van der Waals surface area contributed by atoms with E-state index in [4.69, 9.17) is 16.3 Å². The molecule has 0 fully saturated rings. The van der Waals surface area contributed by atoms with Gasteiger partial charge in [0, 0.05) is 47.0 Å². The van der Waals surface area contributed by atoms with Crippen molar-refractivity contribution >= 4 is 35.1 Å². The predicted octanol–water partition coefficient (Wildman–Crippen LogP) is 8.06. The van der Waals surface area contributed by atoms with Crippen LogP contribution in [0.5, 0.6) is 5.75 Å². The first-order chi connectivity index (χ1) is 18.6. The maximum absolute atomic E-state index is 13.0. The van der Waals surface area contributed by atoms with E-state index in [-0.39, 0.29) is 5.91 Å². The number of ether oxygens (including phenoxy) is 1. The third-order valence-electron chi connectivity index (χ3n) is 6.50. The normalized spacial score (nSPS) is 12.7. The number of aliphatic imine (C=N–C) groups is 1. The van der Waals surface area contributed by atoms with E-state index in [0.29, 0.717) is 24.6 Å². The Morgan fingerprint density at radius 2 is 1.84 bits per heavy atom. The molecule has 1 aliphatic rings. The van der Waals surface area contributed by atoms with E-state index in [1.807, 2.05) is 68.0 Å². The standard InChI is InChI=1S/C32H29ClN2O2S/c1-35(21-25-10-6-15-34-20-25)31(36)18-24-9-5-11-26(17-24)32-28(14-16-38-32)29-19-27(33)12-13-30(29)37-22-23-7-3-2-4-8-23/h2-5,7-9,11-17,19-20H,6,10,18,21-22H2,1H3. The van der Waals surface area contributed by atoms with Gasteiger partial charge in [-0.1, -0.05) is 60.1 Å². The van der Waals surface area contributed by atoms with Crippen LogP contribution in [0, 0.1) is 0 Å². The minimum Gasteiger partial charge on any atom is -0.488 e. The molecule has 0 spiro atoms. The Morgan fingerprint density at radius 1 is 1.00 bits per heavy atom. The molecule has 0 bridgehead atoms. The van der Waals surface area contributed by atoms with Gasteiger partial charge >= 0.3 is 0 Å². The third-order valence-corrected chi connectivity index (χ3v) is 7.70. The molecule has 3 aromatic carbocycles. The topological polar surface area (TPSA) is 41.9 Å². The number of hydrogen-bond acceptors (Lipinski definition) is 4. The second kappa shape index (κ2) is 12.2. The van der Waals surface area contributed by atoms with Crippen LogP contribution in [-0.2, 0) is 17.8 Å². The first-order valence-electron chi connectivity index (χ1n) is 12.6. The first-order valence-corrected chi connectivity index (χ1v) is 13.9. The fourth-order valence-corrected chi connectivity index (χ4v) is 5.59. The summed E-state index contributed by atoms with van der Waals surface area (Å²) in [6, 6.07) is 26.2. The average Bonchev–Trinajstić information content (AvgIpc) is 3.44. The molecule has 0 atom stereocenters. The van der Waals surface area contributed by atoms with Gasteiger partial charge in [0.15, 0.2) is 0 Å². The molecule has 6 heteroatoms. The number of rotatable bonds is 9. The fraction of sp³-hybridized carbons (Fsp3) is 0.188. The molecule has 0 saturated heterocycles. The molecule has 38 heavy (non-hydrogen) atoms. The molecule has 0 N–H and O–H groups in total. The maximum atomic E-state index is 13.0. The monoisotopic (exact) mass is 540 g/mol. The zero-order chi connectivity index (χ0) is 26.3. The van der Waals surface area contributed by atoms with E-state index < -0.39 is 0 Å². The van der Waals surface area contributed by atoms with E-state index in [1.54, 1.807) is 16.2 Å². The summed E-state index contributed by atoms with van der Waals surface area (Å²) >= 11 is 8.09. The molecule has 1 aliphatic heterocycles. The second-order valence-corrected chi connectivity index (χ2v) is 10.7. The van der Waals surface area contributed by atoms with Crippen LogP contribution in [0.15, 0.2) is 101 Å². The van der Waals surface area contributed by atoms with E-state index >= 15 is 0 Å². The van der Waals surface area contributed by atoms with Gasteiger partial charge in [-0.15, -0.1) is 11.3 Å². The summed E-state index contributed by atoms with van der Waals surface area (Å²) in [5.74, 6) is 0.877. The number of carbonyl (C=O) groups excluding carboxylic acids is 1. The Balaban J connectivity index is 1.36. The molecule has 0 saturated carbocycles. The smallest absolute Gasteiger partial charge is 0.227 e. The third kappa shape index (κ3) is 6.42. The van der Waals surface area contributed by atoms with Crippen molar-refractivity contribution in [3.63, 3.8) is 0 Å². The molecular formula is C32H29ClN2O2S. The van der Waals surface area contributed by atoms with Crippen molar-refractivity contribution in [1.82, 2.24) is 4.90 Å². The van der Waals surface area contributed by atoms with Crippen molar-refractivity contribution in [3.8, 4) is 27.3 Å². The molecule has 1 aromatic heterocycles. The summed E-state index contributed by atoms with van der Waals surface area (Å²) in [6.45, 7) is 1.09. The van der Waals surface area contributed by atoms with Crippen LogP contribution < -0.4 is 4.74 Å². The number of nitrogens with zero attached hydrogens (tertiary/aromatic N) is 2. The Kier molecular flexibility index (Phi) is 8.37. The summed E-state index contributed by atoms with van der Waals surface area (Å²) < 4.78 is 6.24. The van der Waals surface area contributed by atoms with Gasteiger partial charge in [0.25, 0.3) is 0 Å². The molecule has 4 aromatic rings. The molecule has 0 unspecified atom stereocenters. The highest BCUT2D eigenvalue weighted by Gasteiger charge is 2.17. The van der Waals surface area contributed by atoms with E-state index in [1.165, 1.54) is 5.57 Å². The van der Waals surface area contributed by atoms with Crippen molar-refractivity contribution in [2.24, 2.45) is 4.99 Å². The van der Waals surface area contributed by atoms with Crippen molar-refractivity contribution in [1.29, 1.82) is 0 Å². The number of hydrogen-bond donors (Lipinski definition) is 0. The van der Waals surface area contributed by atoms with Crippen LogP contribution in [0.25, 0.3) is 21.6 Å². The van der Waals surface area contributed by atoms with E-state index in [2.05, 4.69) is 40.7 Å². The van der Waals surface area contributed by atoms with Crippen LogP contribution in [-0.4, -0.2) is 30.6 Å². The lowest BCUT2D eigenvalue weighted by molar-refractivity contribution is -0.128. The fourth-order valence-electron chi connectivity index (χ4n) is 4.51. The van der Waals surface area contributed by atoms with Gasteiger partial charge in [-0.2, -0.15) is 0 Å². The van der Waals surface area contributed by atoms with Crippen LogP contribution in [0.3, 0.4) is 0 Å². The van der Waals surface area contributed by atoms with Crippen LogP contribution in [0.1, 0.15) is 24.0 Å². The molecule has 1 amide bonds. The number of carbonyl (C=O) groups is 1. The highest BCUT2D eigenvalue weighted by atomic mass is 35.5. The lowest BCUT2D eigenvalue weighted by Crippen LogP contribution is -2.30. The molecule has 4 nitrogen and oxygen atoms in total. The lowest BCUT2D eigenvalue weighted by Gasteiger charge is -2.20. The van der Waals surface area contributed by atoms with Crippen molar-refractivity contribution < 1.29 is 9.53 Å². The van der Waals surface area contributed by atoms with Crippen molar-refractivity contribution in [2.45, 2.75) is 25.9 Å². The van der Waals surface area contributed by atoms with Gasteiger partial charge < -0.3 is 9.64 Å². The molecule has 5 rings (SSSR count). The average molecular weight is 541 g/mol. The SMILES string of the molecule is CN(CC1=CN=CCC1)C(=O)Cc1cccc(-c2sccc2-c2cc(Cl)ccc2OCc2ccccc2)c1. The maximum Gasteiger partial charge on any atom is 0.227 e. The molecular weight excluding hydrogens is 512 g/mol. The highest BCUT2D eigenvalue weighted by molar-refractivity contribution is 7.14. The zero-order valence-electron chi connectivity index (χ0n) is 21.3. The number of halogens is 1. The van der Waals surface area contributed by atoms with Gasteiger partial charge in [0.2, 0.25) is 5.91 Å². The summed E-state index contributed by atoms with van der Waals surface area (Å²) in [4.78, 5) is 20.1. The Morgan fingerprint density at radius 3 is 2.66 bits per heavy atom. The minimum atomic E-state index is 0.0930. The van der Waals surface area contributed by atoms with Crippen LogP contribution in [0.4, 0.5) is 0 Å². The zero-order valence-corrected chi connectivity index (χ0v) is 22.8. The number of amides is 1. The molecule has 0 aliphatic carbocycles. The summed E-state index contributed by atoms with van der Waals surface area (Å²) in [7, 11) is 1.86. The molecule has 0 radical (unpaired) electrons. The van der Waals surface area contributed by atoms with Crippen LogP contribution >= 0.6 is 22.9 Å². The first kappa shape index (κ1) is 26.0. The predicted molar refractivity (Wildman–Crippen MR) is 158 cm³/mol. The summed E-state index contributed by atoms with van der Waals surface area (Å²) in [5, 5.41) is 2.74. The Hall–Kier alpha value is -3.67.